The maximum Gasteiger partial charge on any atom is 0.192 e. The van der Waals surface area contributed by atoms with Crippen LogP contribution in [0.4, 0.5) is 0 Å². The first-order valence-corrected chi connectivity index (χ1v) is 11.7. The largest absolute Gasteiger partial charge is 0.300 e. The van der Waals surface area contributed by atoms with E-state index >= 15 is 0 Å². The Hall–Kier alpha value is -1.96. The molecule has 3 rings (SSSR count). The Kier molecular flexibility index (Phi) is 7.86. The predicted molar refractivity (Wildman–Crippen MR) is 126 cm³/mol. The van der Waals surface area contributed by atoms with Crippen LogP contribution in [0.2, 0.25) is 0 Å². The first-order valence-electron chi connectivity index (χ1n) is 10.0. The number of Topliss-reactive ketones (excluding diaryl/α,β-unsaturated/α-hetero) is 1. The minimum atomic E-state index is -0.266. The molecule has 0 spiro atoms. The maximum atomic E-state index is 12.9. The van der Waals surface area contributed by atoms with Crippen molar-refractivity contribution in [3.8, 4) is 0 Å². The number of benzene rings is 2. The minimum absolute atomic E-state index is 0.0861. The van der Waals surface area contributed by atoms with Crippen molar-refractivity contribution in [2.45, 2.75) is 43.3 Å². The van der Waals surface area contributed by atoms with Crippen molar-refractivity contribution in [1.82, 2.24) is 19.7 Å². The number of halogens is 1. The van der Waals surface area contributed by atoms with Crippen molar-refractivity contribution in [2.75, 3.05) is 14.1 Å². The zero-order valence-electron chi connectivity index (χ0n) is 17.7. The van der Waals surface area contributed by atoms with E-state index in [4.69, 9.17) is 0 Å². The van der Waals surface area contributed by atoms with E-state index in [0.29, 0.717) is 12.1 Å². The summed E-state index contributed by atoms with van der Waals surface area (Å²) in [6, 6.07) is 17.9. The van der Waals surface area contributed by atoms with Gasteiger partial charge in [0.15, 0.2) is 16.8 Å². The van der Waals surface area contributed by atoms with E-state index in [1.54, 1.807) is 0 Å². The third-order valence-electron chi connectivity index (χ3n) is 5.02. The van der Waals surface area contributed by atoms with Gasteiger partial charge in [-0.15, -0.1) is 10.2 Å². The molecular formula is C23H27BrN4OS. The van der Waals surface area contributed by atoms with Crippen LogP contribution in [0, 0.1) is 0 Å². The third-order valence-corrected chi connectivity index (χ3v) is 6.63. The number of rotatable bonds is 9. The normalized spacial score (nSPS) is 13.4. The van der Waals surface area contributed by atoms with Crippen LogP contribution >= 0.6 is 27.7 Å². The van der Waals surface area contributed by atoms with Crippen LogP contribution < -0.4 is 0 Å². The molecule has 0 saturated carbocycles. The molecule has 0 radical (unpaired) electrons. The van der Waals surface area contributed by atoms with Gasteiger partial charge in [0.05, 0.1) is 17.8 Å². The summed E-state index contributed by atoms with van der Waals surface area (Å²) in [5.74, 6) is 1.01. The smallest absolute Gasteiger partial charge is 0.192 e. The summed E-state index contributed by atoms with van der Waals surface area (Å²) >= 11 is 4.89. The Bertz CT molecular complexity index is 973. The van der Waals surface area contributed by atoms with Crippen molar-refractivity contribution in [3.63, 3.8) is 0 Å². The number of hydrogen-bond acceptors (Lipinski definition) is 5. The summed E-state index contributed by atoms with van der Waals surface area (Å²) in [5.41, 5.74) is 1.88. The number of carbonyl (C=O) groups excluding carboxylic acids is 1. The van der Waals surface area contributed by atoms with Gasteiger partial charge < -0.3 is 4.57 Å². The fourth-order valence-corrected chi connectivity index (χ4v) is 4.58. The van der Waals surface area contributed by atoms with Crippen molar-refractivity contribution in [3.05, 3.63) is 76.0 Å². The molecule has 7 heteroatoms. The predicted octanol–water partition coefficient (Wildman–Crippen LogP) is 5.47. The second-order valence-electron chi connectivity index (χ2n) is 7.43. The summed E-state index contributed by atoms with van der Waals surface area (Å²) < 4.78 is 3.11. The van der Waals surface area contributed by atoms with E-state index in [9.17, 15) is 4.79 Å². The molecule has 2 aromatic carbocycles. The number of carbonyl (C=O) groups is 1. The Labute approximate surface area is 191 Å². The molecule has 0 N–H and O–H groups in total. The van der Waals surface area contributed by atoms with Crippen LogP contribution in [0.25, 0.3) is 0 Å². The van der Waals surface area contributed by atoms with Crippen LogP contribution in [-0.2, 0) is 6.54 Å². The van der Waals surface area contributed by atoms with Crippen molar-refractivity contribution >= 4 is 33.5 Å². The van der Waals surface area contributed by atoms with E-state index in [-0.39, 0.29) is 17.1 Å². The fraction of sp³-hybridized carbons (Fsp3) is 0.348. The Morgan fingerprint density at radius 3 is 2.37 bits per heavy atom. The van der Waals surface area contributed by atoms with E-state index in [1.807, 2.05) is 49.4 Å². The standard InChI is InChI=1S/C23H27BrN4OS/c1-5-20(27(3)4)22-25-26-23(28(22)15-17-9-7-6-8-10-17)30-16(2)21(29)18-11-13-19(24)14-12-18/h6-14,16,20H,5,15H2,1-4H3/t16-,20-/m1/s1. The molecule has 0 aliphatic heterocycles. The molecule has 0 aliphatic carbocycles. The molecule has 5 nitrogen and oxygen atoms in total. The molecule has 0 unspecified atom stereocenters. The molecule has 1 heterocycles. The summed E-state index contributed by atoms with van der Waals surface area (Å²) in [6.07, 6.45) is 0.929. The molecule has 0 bridgehead atoms. The molecule has 158 valence electrons. The van der Waals surface area contributed by atoms with Gasteiger partial charge >= 0.3 is 0 Å². The number of aromatic nitrogens is 3. The van der Waals surface area contributed by atoms with Crippen molar-refractivity contribution < 1.29 is 4.79 Å². The highest BCUT2D eigenvalue weighted by atomic mass is 79.9. The highest BCUT2D eigenvalue weighted by Crippen LogP contribution is 2.29. The second-order valence-corrected chi connectivity index (χ2v) is 9.66. The molecule has 0 amide bonds. The molecular weight excluding hydrogens is 460 g/mol. The van der Waals surface area contributed by atoms with Crippen LogP contribution in [-0.4, -0.2) is 44.8 Å². The zero-order chi connectivity index (χ0) is 21.7. The average molecular weight is 487 g/mol. The molecule has 1 aromatic heterocycles. The first-order chi connectivity index (χ1) is 14.4. The molecule has 0 fully saturated rings. The second kappa shape index (κ2) is 10.4. The van der Waals surface area contributed by atoms with Gasteiger partial charge in [-0.25, -0.2) is 0 Å². The highest BCUT2D eigenvalue weighted by molar-refractivity contribution is 9.10. The molecule has 0 aliphatic rings. The summed E-state index contributed by atoms with van der Waals surface area (Å²) in [7, 11) is 4.12. The summed E-state index contributed by atoms with van der Waals surface area (Å²) in [5, 5.41) is 9.52. The third kappa shape index (κ3) is 5.39. The van der Waals surface area contributed by atoms with E-state index < -0.39 is 0 Å². The lowest BCUT2D eigenvalue weighted by Gasteiger charge is -2.23. The topological polar surface area (TPSA) is 51.0 Å². The first kappa shape index (κ1) is 22.7. The number of ketones is 1. The molecule has 0 saturated heterocycles. The minimum Gasteiger partial charge on any atom is -0.300 e. The Morgan fingerprint density at radius 1 is 1.10 bits per heavy atom. The zero-order valence-corrected chi connectivity index (χ0v) is 20.2. The van der Waals surface area contributed by atoms with Crippen LogP contribution in [0.1, 0.15) is 48.1 Å². The highest BCUT2D eigenvalue weighted by Gasteiger charge is 2.25. The monoisotopic (exact) mass is 486 g/mol. The van der Waals surface area contributed by atoms with Crippen LogP contribution in [0.5, 0.6) is 0 Å². The summed E-state index contributed by atoms with van der Waals surface area (Å²) in [4.78, 5) is 15.1. The number of nitrogens with zero attached hydrogens (tertiary/aromatic N) is 4. The van der Waals surface area contributed by atoms with Gasteiger partial charge in [-0.1, -0.05) is 77.1 Å². The maximum absolute atomic E-state index is 12.9. The average Bonchev–Trinajstić information content (AvgIpc) is 3.11. The lowest BCUT2D eigenvalue weighted by Crippen LogP contribution is -2.23. The summed E-state index contributed by atoms with van der Waals surface area (Å²) in [6.45, 7) is 4.76. The van der Waals surface area contributed by atoms with E-state index in [0.717, 1.165) is 21.9 Å². The van der Waals surface area contributed by atoms with Gasteiger partial charge in [-0.3, -0.25) is 9.69 Å². The quantitative estimate of drug-likeness (QED) is 0.296. The Balaban J connectivity index is 1.90. The molecule has 2 atom stereocenters. The fourth-order valence-electron chi connectivity index (χ4n) is 3.39. The Morgan fingerprint density at radius 2 is 1.77 bits per heavy atom. The van der Waals surface area contributed by atoms with E-state index in [2.05, 4.69) is 68.7 Å². The number of thioether (sulfide) groups is 1. The van der Waals surface area contributed by atoms with Crippen molar-refractivity contribution in [1.29, 1.82) is 0 Å². The van der Waals surface area contributed by atoms with Crippen LogP contribution in [0.3, 0.4) is 0 Å². The van der Waals surface area contributed by atoms with Gasteiger partial charge in [0.1, 0.15) is 0 Å². The van der Waals surface area contributed by atoms with Gasteiger partial charge in [0.25, 0.3) is 0 Å². The SMILES string of the molecule is CC[C@H](c1nnc(S[C@H](C)C(=O)c2ccc(Br)cc2)n1Cc1ccccc1)N(C)C. The van der Waals surface area contributed by atoms with E-state index in [1.165, 1.54) is 17.3 Å². The van der Waals surface area contributed by atoms with Gasteiger partial charge in [0, 0.05) is 10.0 Å². The molecule has 3 aromatic rings. The molecule has 30 heavy (non-hydrogen) atoms. The van der Waals surface area contributed by atoms with Gasteiger partial charge in [0.2, 0.25) is 0 Å². The lowest BCUT2D eigenvalue weighted by molar-refractivity contribution is 0.0994. The van der Waals surface area contributed by atoms with Crippen molar-refractivity contribution in [2.24, 2.45) is 0 Å². The van der Waals surface area contributed by atoms with Gasteiger partial charge in [-0.05, 0) is 45.1 Å². The van der Waals surface area contributed by atoms with Crippen LogP contribution in [0.15, 0.2) is 64.2 Å². The lowest BCUT2D eigenvalue weighted by atomic mass is 10.1. The number of hydrogen-bond donors (Lipinski definition) is 0. The van der Waals surface area contributed by atoms with Gasteiger partial charge in [-0.2, -0.15) is 0 Å².